The van der Waals surface area contributed by atoms with E-state index in [-0.39, 0.29) is 0 Å². The van der Waals surface area contributed by atoms with Crippen molar-refractivity contribution >= 4 is 23.0 Å². The molecule has 2 aromatic rings. The maximum Gasteiger partial charge on any atom is 0.0597 e. The highest BCUT2D eigenvalue weighted by molar-refractivity contribution is 6.31. The van der Waals surface area contributed by atoms with Crippen LogP contribution in [0.1, 0.15) is 24.3 Å². The van der Waals surface area contributed by atoms with Gasteiger partial charge in [-0.05, 0) is 42.5 Å². The molecule has 1 fully saturated rings. The Morgan fingerprint density at radius 2 is 1.76 bits per heavy atom. The first-order valence-electron chi connectivity index (χ1n) is 7.42. The number of nitrogens with zero attached hydrogens (tertiary/aromatic N) is 1. The maximum absolute atomic E-state index is 6.13. The van der Waals surface area contributed by atoms with Gasteiger partial charge in [-0.1, -0.05) is 41.9 Å². The van der Waals surface area contributed by atoms with Crippen LogP contribution in [0.2, 0.25) is 5.02 Å². The van der Waals surface area contributed by atoms with Crippen LogP contribution >= 0.6 is 11.6 Å². The van der Waals surface area contributed by atoms with E-state index in [1.807, 2.05) is 12.1 Å². The summed E-state index contributed by atoms with van der Waals surface area (Å²) in [6.07, 6.45) is 2.37. The lowest BCUT2D eigenvalue weighted by molar-refractivity contribution is 0.374. The van der Waals surface area contributed by atoms with Crippen LogP contribution in [-0.4, -0.2) is 20.1 Å². The zero-order chi connectivity index (χ0) is 14.8. The normalized spacial score (nSPS) is 20.7. The Morgan fingerprint density at radius 3 is 2.43 bits per heavy atom. The molecule has 21 heavy (non-hydrogen) atoms. The number of anilines is 2. The van der Waals surface area contributed by atoms with Gasteiger partial charge in [0.15, 0.2) is 0 Å². The molecule has 0 atom stereocenters. The third-order valence-corrected chi connectivity index (χ3v) is 4.44. The van der Waals surface area contributed by atoms with Gasteiger partial charge < -0.3 is 10.2 Å². The summed E-state index contributed by atoms with van der Waals surface area (Å²) in [5.74, 6) is 0.686. The minimum atomic E-state index is 0.535. The minimum Gasteiger partial charge on any atom is -0.381 e. The van der Waals surface area contributed by atoms with Crippen LogP contribution in [0.25, 0.3) is 0 Å². The molecular weight excluding hydrogens is 280 g/mol. The standard InChI is InChI=1S/C18H21ClN2/c1-21(2)18-9-8-15(19)12-17(18)20-16-10-14(11-16)13-6-4-3-5-7-13/h3-9,12,14,16,20H,10-11H2,1-2H3. The monoisotopic (exact) mass is 300 g/mol. The zero-order valence-electron chi connectivity index (χ0n) is 12.5. The number of benzene rings is 2. The topological polar surface area (TPSA) is 15.3 Å². The fourth-order valence-corrected chi connectivity index (χ4v) is 3.14. The quantitative estimate of drug-likeness (QED) is 0.875. The van der Waals surface area contributed by atoms with Crippen LogP contribution in [0.4, 0.5) is 11.4 Å². The molecule has 2 aromatic carbocycles. The maximum atomic E-state index is 6.13. The summed E-state index contributed by atoms with van der Waals surface area (Å²) in [4.78, 5) is 2.12. The molecule has 3 heteroatoms. The summed E-state index contributed by atoms with van der Waals surface area (Å²) in [7, 11) is 4.12. The van der Waals surface area contributed by atoms with Gasteiger partial charge in [0, 0.05) is 25.2 Å². The summed E-state index contributed by atoms with van der Waals surface area (Å²) >= 11 is 6.13. The number of hydrogen-bond acceptors (Lipinski definition) is 2. The SMILES string of the molecule is CN(C)c1ccc(Cl)cc1NC1CC(c2ccccc2)C1. The molecule has 0 amide bonds. The summed E-state index contributed by atoms with van der Waals surface area (Å²) in [6.45, 7) is 0. The van der Waals surface area contributed by atoms with E-state index in [4.69, 9.17) is 11.6 Å². The molecule has 2 nitrogen and oxygen atoms in total. The molecule has 0 radical (unpaired) electrons. The molecular formula is C18H21ClN2. The van der Waals surface area contributed by atoms with Gasteiger partial charge in [-0.3, -0.25) is 0 Å². The van der Waals surface area contributed by atoms with Crippen molar-refractivity contribution in [2.24, 2.45) is 0 Å². The highest BCUT2D eigenvalue weighted by Gasteiger charge is 2.30. The first kappa shape index (κ1) is 14.3. The lowest BCUT2D eigenvalue weighted by Crippen LogP contribution is -2.34. The minimum absolute atomic E-state index is 0.535. The van der Waals surface area contributed by atoms with Crippen molar-refractivity contribution in [3.05, 3.63) is 59.1 Å². The molecule has 1 saturated carbocycles. The van der Waals surface area contributed by atoms with Crippen molar-refractivity contribution < 1.29 is 0 Å². The molecule has 0 unspecified atom stereocenters. The molecule has 0 aromatic heterocycles. The van der Waals surface area contributed by atoms with Gasteiger partial charge in [-0.2, -0.15) is 0 Å². The van der Waals surface area contributed by atoms with Crippen LogP contribution in [0.15, 0.2) is 48.5 Å². The van der Waals surface area contributed by atoms with Gasteiger partial charge in [0.25, 0.3) is 0 Å². The highest BCUT2D eigenvalue weighted by atomic mass is 35.5. The van der Waals surface area contributed by atoms with Crippen LogP contribution in [-0.2, 0) is 0 Å². The Balaban J connectivity index is 1.66. The predicted molar refractivity (Wildman–Crippen MR) is 91.6 cm³/mol. The molecule has 1 aliphatic carbocycles. The van der Waals surface area contributed by atoms with E-state index in [0.29, 0.717) is 12.0 Å². The van der Waals surface area contributed by atoms with E-state index in [1.165, 1.54) is 24.1 Å². The second-order valence-electron chi connectivity index (χ2n) is 5.98. The fraction of sp³-hybridized carbons (Fsp3) is 0.333. The van der Waals surface area contributed by atoms with E-state index in [0.717, 1.165) is 10.7 Å². The van der Waals surface area contributed by atoms with Gasteiger partial charge in [0.05, 0.1) is 11.4 Å². The smallest absolute Gasteiger partial charge is 0.0597 e. The van der Waals surface area contributed by atoms with Crippen molar-refractivity contribution in [1.82, 2.24) is 0 Å². The van der Waals surface area contributed by atoms with Crippen molar-refractivity contribution in [3.63, 3.8) is 0 Å². The molecule has 1 N–H and O–H groups in total. The molecule has 0 saturated heterocycles. The summed E-state index contributed by atoms with van der Waals surface area (Å²) in [6, 6.07) is 17.3. The van der Waals surface area contributed by atoms with Crippen molar-refractivity contribution in [1.29, 1.82) is 0 Å². The molecule has 0 spiro atoms. The Kier molecular flexibility index (Phi) is 4.07. The van der Waals surface area contributed by atoms with Gasteiger partial charge in [-0.25, -0.2) is 0 Å². The van der Waals surface area contributed by atoms with Crippen LogP contribution < -0.4 is 10.2 Å². The molecule has 1 aliphatic rings. The molecule has 0 heterocycles. The Hall–Kier alpha value is -1.67. The third kappa shape index (κ3) is 3.16. The van der Waals surface area contributed by atoms with Crippen LogP contribution in [0.3, 0.4) is 0 Å². The van der Waals surface area contributed by atoms with Crippen molar-refractivity contribution in [2.75, 3.05) is 24.3 Å². The molecule has 0 bridgehead atoms. The lowest BCUT2D eigenvalue weighted by atomic mass is 9.76. The summed E-state index contributed by atoms with van der Waals surface area (Å²) in [5, 5.41) is 4.42. The van der Waals surface area contributed by atoms with Crippen LogP contribution in [0.5, 0.6) is 0 Å². The Bertz CT molecular complexity index is 604. The average molecular weight is 301 g/mol. The Labute approximate surface area is 131 Å². The van der Waals surface area contributed by atoms with Crippen molar-refractivity contribution in [3.8, 4) is 0 Å². The van der Waals surface area contributed by atoms with E-state index in [2.05, 4.69) is 60.7 Å². The average Bonchev–Trinajstić information content (AvgIpc) is 2.43. The molecule has 0 aliphatic heterocycles. The number of nitrogens with one attached hydrogen (secondary N) is 1. The second kappa shape index (κ2) is 5.98. The van der Waals surface area contributed by atoms with Crippen molar-refractivity contribution in [2.45, 2.75) is 24.8 Å². The van der Waals surface area contributed by atoms with E-state index < -0.39 is 0 Å². The molecule has 3 rings (SSSR count). The zero-order valence-corrected chi connectivity index (χ0v) is 13.3. The summed E-state index contributed by atoms with van der Waals surface area (Å²) < 4.78 is 0. The number of rotatable bonds is 4. The largest absolute Gasteiger partial charge is 0.381 e. The van der Waals surface area contributed by atoms with Gasteiger partial charge >= 0.3 is 0 Å². The predicted octanol–water partition coefficient (Wildman–Crippen LogP) is 4.76. The third-order valence-electron chi connectivity index (χ3n) is 4.21. The first-order chi connectivity index (χ1) is 10.1. The van der Waals surface area contributed by atoms with E-state index in [1.54, 1.807) is 0 Å². The van der Waals surface area contributed by atoms with E-state index >= 15 is 0 Å². The van der Waals surface area contributed by atoms with Gasteiger partial charge in [0.2, 0.25) is 0 Å². The molecule has 110 valence electrons. The number of hydrogen-bond donors (Lipinski definition) is 1. The first-order valence-corrected chi connectivity index (χ1v) is 7.79. The van der Waals surface area contributed by atoms with Crippen LogP contribution in [0, 0.1) is 0 Å². The van der Waals surface area contributed by atoms with E-state index in [9.17, 15) is 0 Å². The Morgan fingerprint density at radius 1 is 1.05 bits per heavy atom. The number of halogens is 1. The fourth-order valence-electron chi connectivity index (χ4n) is 2.97. The second-order valence-corrected chi connectivity index (χ2v) is 6.41. The van der Waals surface area contributed by atoms with Gasteiger partial charge in [0.1, 0.15) is 0 Å². The lowest BCUT2D eigenvalue weighted by Gasteiger charge is -2.37. The highest BCUT2D eigenvalue weighted by Crippen LogP contribution is 2.40. The summed E-state index contributed by atoms with van der Waals surface area (Å²) in [5.41, 5.74) is 3.76. The van der Waals surface area contributed by atoms with Gasteiger partial charge in [-0.15, -0.1) is 0 Å².